The van der Waals surface area contributed by atoms with E-state index in [1.54, 1.807) is 0 Å². The van der Waals surface area contributed by atoms with Crippen LogP contribution in [0.15, 0.2) is 12.4 Å². The summed E-state index contributed by atoms with van der Waals surface area (Å²) in [6.45, 7) is 0. The maximum absolute atomic E-state index is 10.7. The highest BCUT2D eigenvalue weighted by atomic mass is 16.4. The van der Waals surface area contributed by atoms with Crippen LogP contribution in [0.1, 0.15) is 43.6 Å². The predicted molar refractivity (Wildman–Crippen MR) is 66.4 cm³/mol. The number of hydrogen-bond acceptors (Lipinski definition) is 4. The van der Waals surface area contributed by atoms with Gasteiger partial charge in [0.25, 0.3) is 0 Å². The molecule has 0 saturated heterocycles. The van der Waals surface area contributed by atoms with Gasteiger partial charge in [-0.1, -0.05) is 6.42 Å². The van der Waals surface area contributed by atoms with Gasteiger partial charge in [-0.2, -0.15) is 0 Å². The van der Waals surface area contributed by atoms with Crippen LogP contribution in [0.4, 0.5) is 5.95 Å². The lowest BCUT2D eigenvalue weighted by Crippen LogP contribution is -2.39. The Kier molecular flexibility index (Phi) is 2.89. The first-order chi connectivity index (χ1) is 8.72. The Hall–Kier alpha value is -1.65. The smallest absolute Gasteiger partial charge is 0.306 e. The van der Waals surface area contributed by atoms with E-state index in [1.807, 2.05) is 12.4 Å². The number of carbonyl (C=O) groups is 1. The van der Waals surface area contributed by atoms with Crippen molar-refractivity contribution in [3.8, 4) is 0 Å². The molecule has 2 N–H and O–H groups in total. The van der Waals surface area contributed by atoms with E-state index in [4.69, 9.17) is 5.11 Å². The first kappa shape index (κ1) is 11.4. The van der Waals surface area contributed by atoms with Crippen LogP contribution in [-0.4, -0.2) is 27.1 Å². The Balaban J connectivity index is 1.53. The Bertz CT molecular complexity index is 436. The van der Waals surface area contributed by atoms with Crippen molar-refractivity contribution in [2.75, 3.05) is 5.32 Å². The fourth-order valence-electron chi connectivity index (χ4n) is 2.48. The van der Waals surface area contributed by atoms with Gasteiger partial charge in [0.2, 0.25) is 5.95 Å². The number of nitrogens with zero attached hydrogens (tertiary/aromatic N) is 2. The van der Waals surface area contributed by atoms with E-state index < -0.39 is 5.97 Å². The van der Waals surface area contributed by atoms with Gasteiger partial charge in [0.05, 0.1) is 5.92 Å². The average Bonchev–Trinajstić information content (AvgIpc) is 2.22. The molecule has 1 aromatic heterocycles. The van der Waals surface area contributed by atoms with E-state index in [0.717, 1.165) is 0 Å². The van der Waals surface area contributed by atoms with Crippen LogP contribution in [0.25, 0.3) is 0 Å². The number of aromatic nitrogens is 2. The monoisotopic (exact) mass is 247 g/mol. The van der Waals surface area contributed by atoms with Crippen LogP contribution < -0.4 is 5.32 Å². The zero-order chi connectivity index (χ0) is 12.5. The van der Waals surface area contributed by atoms with E-state index in [9.17, 15) is 4.79 Å². The third kappa shape index (κ3) is 2.17. The Morgan fingerprint density at radius 3 is 2.44 bits per heavy atom. The molecule has 18 heavy (non-hydrogen) atoms. The third-order valence-electron chi connectivity index (χ3n) is 4.07. The van der Waals surface area contributed by atoms with Crippen molar-refractivity contribution in [1.82, 2.24) is 9.97 Å². The number of hydrogen-bond donors (Lipinski definition) is 2. The molecule has 2 saturated carbocycles. The number of rotatable bonds is 4. The molecule has 0 spiro atoms. The summed E-state index contributed by atoms with van der Waals surface area (Å²) in [5.41, 5.74) is 1.23. The molecule has 0 amide bonds. The van der Waals surface area contributed by atoms with Gasteiger partial charge in [-0.3, -0.25) is 4.79 Å². The van der Waals surface area contributed by atoms with Crippen molar-refractivity contribution in [2.24, 2.45) is 5.92 Å². The molecular formula is C13H17N3O2. The quantitative estimate of drug-likeness (QED) is 0.851. The first-order valence-electron chi connectivity index (χ1n) is 6.53. The molecule has 0 radical (unpaired) electrons. The molecule has 3 rings (SSSR count). The van der Waals surface area contributed by atoms with Crippen molar-refractivity contribution in [3.05, 3.63) is 18.0 Å². The highest BCUT2D eigenvalue weighted by Gasteiger charge is 2.34. The standard InChI is InChI=1S/C13H17N3O2/c17-12(18)9-4-11(5-9)16-13-14-6-10(7-15-13)8-2-1-3-8/h6-9,11H,1-5H2,(H,17,18)(H,14,15,16). The summed E-state index contributed by atoms with van der Waals surface area (Å²) in [7, 11) is 0. The summed E-state index contributed by atoms with van der Waals surface area (Å²) in [4.78, 5) is 19.3. The summed E-state index contributed by atoms with van der Waals surface area (Å²) >= 11 is 0. The molecule has 0 aromatic carbocycles. The van der Waals surface area contributed by atoms with Crippen molar-refractivity contribution in [2.45, 2.75) is 44.1 Å². The largest absolute Gasteiger partial charge is 0.481 e. The van der Waals surface area contributed by atoms with E-state index in [1.165, 1.54) is 24.8 Å². The minimum absolute atomic E-state index is 0.197. The van der Waals surface area contributed by atoms with Gasteiger partial charge >= 0.3 is 5.97 Å². The molecule has 1 heterocycles. The highest BCUT2D eigenvalue weighted by Crippen LogP contribution is 2.35. The summed E-state index contributed by atoms with van der Waals surface area (Å²) in [5, 5.41) is 12.0. The maximum Gasteiger partial charge on any atom is 0.306 e. The number of carboxylic acid groups (broad SMARTS) is 1. The third-order valence-corrected chi connectivity index (χ3v) is 4.07. The van der Waals surface area contributed by atoms with Crippen molar-refractivity contribution < 1.29 is 9.90 Å². The molecule has 2 aliphatic rings. The minimum Gasteiger partial charge on any atom is -0.481 e. The molecule has 0 bridgehead atoms. The number of aliphatic carboxylic acids is 1. The number of nitrogens with one attached hydrogen (secondary N) is 1. The van der Waals surface area contributed by atoms with E-state index in [0.29, 0.717) is 24.7 Å². The van der Waals surface area contributed by atoms with Gasteiger partial charge in [0.15, 0.2) is 0 Å². The zero-order valence-corrected chi connectivity index (χ0v) is 10.2. The Morgan fingerprint density at radius 1 is 1.28 bits per heavy atom. The lowest BCUT2D eigenvalue weighted by atomic mass is 9.80. The lowest BCUT2D eigenvalue weighted by molar-refractivity contribution is -0.144. The summed E-state index contributed by atoms with van der Waals surface area (Å²) in [6.07, 6.45) is 8.94. The first-order valence-corrected chi connectivity index (χ1v) is 6.53. The molecule has 0 aliphatic heterocycles. The second-order valence-corrected chi connectivity index (χ2v) is 5.32. The molecule has 5 nitrogen and oxygen atoms in total. The van der Waals surface area contributed by atoms with Crippen LogP contribution in [0, 0.1) is 5.92 Å². The summed E-state index contributed by atoms with van der Waals surface area (Å²) in [6, 6.07) is 0.209. The molecule has 2 fully saturated rings. The summed E-state index contributed by atoms with van der Waals surface area (Å²) in [5.74, 6) is 0.372. The van der Waals surface area contributed by atoms with Crippen molar-refractivity contribution >= 4 is 11.9 Å². The topological polar surface area (TPSA) is 75.1 Å². The van der Waals surface area contributed by atoms with E-state index in [2.05, 4.69) is 15.3 Å². The van der Waals surface area contributed by atoms with Gasteiger partial charge in [0, 0.05) is 18.4 Å². The Morgan fingerprint density at radius 2 is 1.94 bits per heavy atom. The molecular weight excluding hydrogens is 230 g/mol. The average molecular weight is 247 g/mol. The predicted octanol–water partition coefficient (Wildman–Crippen LogP) is 2.02. The fourth-order valence-corrected chi connectivity index (χ4v) is 2.48. The molecule has 5 heteroatoms. The van der Waals surface area contributed by atoms with Crippen LogP contribution in [0.3, 0.4) is 0 Å². The molecule has 0 unspecified atom stereocenters. The van der Waals surface area contributed by atoms with Crippen molar-refractivity contribution in [3.63, 3.8) is 0 Å². The lowest BCUT2D eigenvalue weighted by Gasteiger charge is -2.32. The van der Waals surface area contributed by atoms with Crippen LogP contribution in [0.5, 0.6) is 0 Å². The molecule has 2 aliphatic carbocycles. The second-order valence-electron chi connectivity index (χ2n) is 5.32. The number of anilines is 1. The SMILES string of the molecule is O=C(O)C1CC(Nc2ncc(C3CCC3)cn2)C1. The van der Waals surface area contributed by atoms with E-state index in [-0.39, 0.29) is 12.0 Å². The minimum atomic E-state index is -0.700. The maximum atomic E-state index is 10.7. The van der Waals surface area contributed by atoms with Crippen LogP contribution in [0.2, 0.25) is 0 Å². The van der Waals surface area contributed by atoms with Crippen LogP contribution in [-0.2, 0) is 4.79 Å². The van der Waals surface area contributed by atoms with Gasteiger partial charge < -0.3 is 10.4 Å². The second kappa shape index (κ2) is 4.55. The zero-order valence-electron chi connectivity index (χ0n) is 10.2. The van der Waals surface area contributed by atoms with E-state index >= 15 is 0 Å². The molecule has 96 valence electrons. The van der Waals surface area contributed by atoms with Crippen molar-refractivity contribution in [1.29, 1.82) is 0 Å². The van der Waals surface area contributed by atoms with Gasteiger partial charge in [0.1, 0.15) is 0 Å². The fraction of sp³-hybridized carbons (Fsp3) is 0.615. The van der Waals surface area contributed by atoms with Crippen LogP contribution >= 0.6 is 0 Å². The normalized spacial score (nSPS) is 27.1. The van der Waals surface area contributed by atoms with Gasteiger partial charge in [-0.15, -0.1) is 0 Å². The summed E-state index contributed by atoms with van der Waals surface area (Å²) < 4.78 is 0. The number of carboxylic acids is 1. The van der Waals surface area contributed by atoms with Gasteiger partial charge in [-0.25, -0.2) is 9.97 Å². The molecule has 0 atom stereocenters. The highest BCUT2D eigenvalue weighted by molar-refractivity contribution is 5.71. The van der Waals surface area contributed by atoms with Gasteiger partial charge in [-0.05, 0) is 37.2 Å². The molecule has 1 aromatic rings. The Labute approximate surface area is 106 Å².